The number of benzene rings is 1. The zero-order valence-electron chi connectivity index (χ0n) is 13.4. The third-order valence-electron chi connectivity index (χ3n) is 3.41. The van der Waals surface area contributed by atoms with E-state index in [0.29, 0.717) is 28.9 Å². The summed E-state index contributed by atoms with van der Waals surface area (Å²) < 4.78 is 7.05. The van der Waals surface area contributed by atoms with Gasteiger partial charge in [0, 0.05) is 6.20 Å². The van der Waals surface area contributed by atoms with Crippen molar-refractivity contribution in [2.75, 3.05) is 17.7 Å². The summed E-state index contributed by atoms with van der Waals surface area (Å²) >= 11 is 5.78. The third-order valence-corrected chi connectivity index (χ3v) is 3.64. The molecule has 0 atom stereocenters. The largest absolute Gasteiger partial charge is 0.492 e. The van der Waals surface area contributed by atoms with Crippen LogP contribution >= 0.6 is 11.6 Å². The van der Waals surface area contributed by atoms with Crippen LogP contribution in [0.4, 0.5) is 11.6 Å². The minimum Gasteiger partial charge on any atom is -0.492 e. The molecule has 0 saturated heterocycles. The van der Waals surface area contributed by atoms with Crippen LogP contribution in [0.15, 0.2) is 48.8 Å². The van der Waals surface area contributed by atoms with Gasteiger partial charge in [-0.3, -0.25) is 4.79 Å². The van der Waals surface area contributed by atoms with E-state index in [1.54, 1.807) is 12.1 Å². The molecule has 7 nitrogen and oxygen atoms in total. The van der Waals surface area contributed by atoms with Crippen molar-refractivity contribution < 1.29 is 9.53 Å². The molecular weight excluding hydrogens is 342 g/mol. The van der Waals surface area contributed by atoms with Crippen LogP contribution in [-0.4, -0.2) is 27.3 Å². The number of anilines is 2. The molecular formula is C17H16ClN5O2. The lowest BCUT2D eigenvalue weighted by atomic mass is 10.2. The molecule has 0 aliphatic rings. The van der Waals surface area contributed by atoms with Gasteiger partial charge in [0.05, 0.1) is 17.8 Å². The van der Waals surface area contributed by atoms with Crippen LogP contribution in [0, 0.1) is 0 Å². The molecule has 0 aliphatic heterocycles. The van der Waals surface area contributed by atoms with E-state index in [1.165, 1.54) is 17.1 Å². The zero-order valence-corrected chi connectivity index (χ0v) is 14.2. The highest BCUT2D eigenvalue weighted by molar-refractivity contribution is 6.30. The summed E-state index contributed by atoms with van der Waals surface area (Å²) in [7, 11) is 0. The van der Waals surface area contributed by atoms with Crippen molar-refractivity contribution in [3.8, 4) is 11.4 Å². The summed E-state index contributed by atoms with van der Waals surface area (Å²) in [4.78, 5) is 16.5. The fourth-order valence-electron chi connectivity index (χ4n) is 2.27. The van der Waals surface area contributed by atoms with E-state index in [-0.39, 0.29) is 11.4 Å². The van der Waals surface area contributed by atoms with E-state index in [4.69, 9.17) is 22.1 Å². The molecule has 3 aromatic rings. The maximum atomic E-state index is 12.4. The molecule has 0 aliphatic carbocycles. The average Bonchev–Trinajstić information content (AvgIpc) is 2.99. The van der Waals surface area contributed by atoms with Crippen LogP contribution in [0.1, 0.15) is 17.3 Å². The molecule has 2 heterocycles. The van der Waals surface area contributed by atoms with E-state index < -0.39 is 5.91 Å². The molecule has 1 aromatic carbocycles. The predicted octanol–water partition coefficient (Wildman–Crippen LogP) is 3.15. The van der Waals surface area contributed by atoms with E-state index in [9.17, 15) is 4.79 Å². The van der Waals surface area contributed by atoms with Gasteiger partial charge >= 0.3 is 0 Å². The number of pyridine rings is 1. The van der Waals surface area contributed by atoms with Crippen LogP contribution in [0.2, 0.25) is 5.02 Å². The van der Waals surface area contributed by atoms with Gasteiger partial charge in [-0.15, -0.1) is 0 Å². The molecule has 0 fully saturated rings. The van der Waals surface area contributed by atoms with Gasteiger partial charge in [0.1, 0.15) is 28.6 Å². The monoisotopic (exact) mass is 357 g/mol. The Hall–Kier alpha value is -3.06. The maximum Gasteiger partial charge on any atom is 0.262 e. The first-order valence-corrected chi connectivity index (χ1v) is 7.96. The van der Waals surface area contributed by atoms with Crippen molar-refractivity contribution in [1.82, 2.24) is 14.8 Å². The van der Waals surface area contributed by atoms with Gasteiger partial charge in [-0.05, 0) is 31.2 Å². The SMILES string of the molecule is CCOc1ccccc1-n1ncc(C(=O)Nc2ccc(Cl)cn2)c1N. The van der Waals surface area contributed by atoms with Crippen LogP contribution in [-0.2, 0) is 0 Å². The second-order valence-electron chi connectivity index (χ2n) is 5.07. The van der Waals surface area contributed by atoms with E-state index >= 15 is 0 Å². The summed E-state index contributed by atoms with van der Waals surface area (Å²) in [6.07, 6.45) is 2.85. The topological polar surface area (TPSA) is 95.1 Å². The van der Waals surface area contributed by atoms with Crippen molar-refractivity contribution in [3.63, 3.8) is 0 Å². The molecule has 128 valence electrons. The molecule has 0 unspecified atom stereocenters. The van der Waals surface area contributed by atoms with Crippen molar-refractivity contribution in [2.24, 2.45) is 0 Å². The first-order valence-electron chi connectivity index (χ1n) is 7.58. The number of aromatic nitrogens is 3. The smallest absolute Gasteiger partial charge is 0.262 e. The van der Waals surface area contributed by atoms with Gasteiger partial charge in [-0.25, -0.2) is 9.67 Å². The van der Waals surface area contributed by atoms with E-state index in [2.05, 4.69) is 15.4 Å². The highest BCUT2D eigenvalue weighted by atomic mass is 35.5. The fourth-order valence-corrected chi connectivity index (χ4v) is 2.38. The van der Waals surface area contributed by atoms with Gasteiger partial charge in [0.2, 0.25) is 0 Å². The van der Waals surface area contributed by atoms with Gasteiger partial charge in [0.25, 0.3) is 5.91 Å². The Bertz CT molecular complexity index is 892. The Morgan fingerprint density at radius 3 is 2.80 bits per heavy atom. The fraction of sp³-hybridized carbons (Fsp3) is 0.118. The van der Waals surface area contributed by atoms with E-state index in [0.717, 1.165) is 0 Å². The van der Waals surface area contributed by atoms with Gasteiger partial charge in [0.15, 0.2) is 0 Å². The van der Waals surface area contributed by atoms with Gasteiger partial charge in [-0.2, -0.15) is 5.10 Å². The number of nitrogens with two attached hydrogens (primary N) is 1. The maximum absolute atomic E-state index is 12.4. The number of hydrogen-bond donors (Lipinski definition) is 2. The van der Waals surface area contributed by atoms with Crippen molar-refractivity contribution in [1.29, 1.82) is 0 Å². The zero-order chi connectivity index (χ0) is 17.8. The predicted molar refractivity (Wildman–Crippen MR) is 96.3 cm³/mol. The number of para-hydroxylation sites is 2. The second kappa shape index (κ2) is 7.23. The number of nitrogens with one attached hydrogen (secondary N) is 1. The lowest BCUT2D eigenvalue weighted by Gasteiger charge is -2.11. The summed E-state index contributed by atoms with van der Waals surface area (Å²) in [6, 6.07) is 10.6. The van der Waals surface area contributed by atoms with Gasteiger partial charge < -0.3 is 15.8 Å². The highest BCUT2D eigenvalue weighted by Gasteiger charge is 2.18. The lowest BCUT2D eigenvalue weighted by molar-refractivity contribution is 0.102. The minimum atomic E-state index is -0.410. The Balaban J connectivity index is 1.88. The molecule has 0 spiro atoms. The number of rotatable bonds is 5. The first kappa shape index (κ1) is 16.8. The van der Waals surface area contributed by atoms with Gasteiger partial charge in [-0.1, -0.05) is 23.7 Å². The van der Waals surface area contributed by atoms with Crippen LogP contribution in [0.3, 0.4) is 0 Å². The van der Waals surface area contributed by atoms with Crippen molar-refractivity contribution in [2.45, 2.75) is 6.92 Å². The average molecular weight is 358 g/mol. The Kier molecular flexibility index (Phi) is 4.85. The summed E-state index contributed by atoms with van der Waals surface area (Å²) in [5, 5.41) is 7.36. The number of hydrogen-bond acceptors (Lipinski definition) is 5. The molecule has 1 amide bonds. The number of carbonyl (C=O) groups is 1. The minimum absolute atomic E-state index is 0.207. The van der Waals surface area contributed by atoms with Crippen LogP contribution in [0.25, 0.3) is 5.69 Å². The Morgan fingerprint density at radius 2 is 2.08 bits per heavy atom. The summed E-state index contributed by atoms with van der Waals surface area (Å²) in [5.41, 5.74) is 7.02. The number of halogens is 1. The molecule has 0 saturated carbocycles. The molecule has 3 N–H and O–H groups in total. The quantitative estimate of drug-likeness (QED) is 0.731. The Morgan fingerprint density at radius 1 is 1.28 bits per heavy atom. The van der Waals surface area contributed by atoms with Crippen molar-refractivity contribution in [3.05, 3.63) is 59.4 Å². The molecule has 0 radical (unpaired) electrons. The van der Waals surface area contributed by atoms with Crippen LogP contribution in [0.5, 0.6) is 5.75 Å². The first-order chi connectivity index (χ1) is 12.1. The number of ether oxygens (including phenoxy) is 1. The number of nitrogen functional groups attached to an aromatic ring is 1. The van der Waals surface area contributed by atoms with Crippen LogP contribution < -0.4 is 15.8 Å². The second-order valence-corrected chi connectivity index (χ2v) is 5.51. The summed E-state index contributed by atoms with van der Waals surface area (Å²) in [6.45, 7) is 2.40. The lowest BCUT2D eigenvalue weighted by Crippen LogP contribution is -2.15. The molecule has 2 aromatic heterocycles. The number of carbonyl (C=O) groups excluding carboxylic acids is 1. The highest BCUT2D eigenvalue weighted by Crippen LogP contribution is 2.26. The normalized spacial score (nSPS) is 10.5. The van der Waals surface area contributed by atoms with E-state index in [1.807, 2.05) is 31.2 Å². The molecule has 25 heavy (non-hydrogen) atoms. The molecule has 8 heteroatoms. The summed E-state index contributed by atoms with van der Waals surface area (Å²) in [5.74, 6) is 0.800. The van der Waals surface area contributed by atoms with Crippen molar-refractivity contribution >= 4 is 29.1 Å². The number of amides is 1. The molecule has 0 bridgehead atoms. The molecule has 3 rings (SSSR count). The number of nitrogens with zero attached hydrogens (tertiary/aromatic N) is 3. The standard InChI is InChI=1S/C17H16ClN5O2/c1-2-25-14-6-4-3-5-13(14)23-16(19)12(10-21-23)17(24)22-15-8-7-11(18)9-20-15/h3-10H,2,19H2,1H3,(H,20,22,24). The third kappa shape index (κ3) is 3.56. The Labute approximate surface area is 149 Å².